The topological polar surface area (TPSA) is 70.2 Å². The third-order valence-electron chi connectivity index (χ3n) is 2.93. The Balaban J connectivity index is 1.82. The minimum Gasteiger partial charge on any atom is -0.298 e. The standard InChI is InChI=1S/C17H13Cl2N3O2S/c18-13-6-3-5-12(10-13)16(24)21-22-17(25)20-15(23)9-8-11-4-1-2-7-14(11)19/h1-10H,(H,21,24)(H2,20,22,23,25)/b9-8+. The molecule has 2 aromatic carbocycles. The molecule has 25 heavy (non-hydrogen) atoms. The number of carbonyl (C=O) groups is 2. The van der Waals surface area contributed by atoms with E-state index < -0.39 is 11.8 Å². The summed E-state index contributed by atoms with van der Waals surface area (Å²) in [5.74, 6) is -0.903. The summed E-state index contributed by atoms with van der Waals surface area (Å²) < 4.78 is 0. The van der Waals surface area contributed by atoms with Gasteiger partial charge < -0.3 is 0 Å². The Kier molecular flexibility index (Phi) is 6.94. The molecule has 0 bridgehead atoms. The molecule has 0 heterocycles. The zero-order valence-electron chi connectivity index (χ0n) is 12.8. The van der Waals surface area contributed by atoms with E-state index in [0.29, 0.717) is 21.2 Å². The normalized spacial score (nSPS) is 10.3. The Morgan fingerprint density at radius 1 is 1.00 bits per heavy atom. The molecule has 0 saturated heterocycles. The molecule has 128 valence electrons. The molecule has 0 aliphatic heterocycles. The average molecular weight is 394 g/mol. The molecule has 0 aliphatic rings. The predicted molar refractivity (Wildman–Crippen MR) is 103 cm³/mol. The van der Waals surface area contributed by atoms with Crippen molar-refractivity contribution in [2.24, 2.45) is 0 Å². The third kappa shape index (κ3) is 6.19. The van der Waals surface area contributed by atoms with Gasteiger partial charge in [0.05, 0.1) is 0 Å². The third-order valence-corrected chi connectivity index (χ3v) is 3.72. The maximum absolute atomic E-state index is 11.9. The van der Waals surface area contributed by atoms with Crippen molar-refractivity contribution in [2.75, 3.05) is 0 Å². The fourth-order valence-corrected chi connectivity index (χ4v) is 2.32. The number of rotatable bonds is 3. The summed E-state index contributed by atoms with van der Waals surface area (Å²) in [5.41, 5.74) is 5.86. The molecule has 0 spiro atoms. The van der Waals surface area contributed by atoms with Gasteiger partial charge in [0.15, 0.2) is 5.11 Å². The second-order valence-corrected chi connectivity index (χ2v) is 6.01. The highest BCUT2D eigenvalue weighted by Crippen LogP contribution is 2.16. The van der Waals surface area contributed by atoms with E-state index in [9.17, 15) is 9.59 Å². The molecule has 2 aromatic rings. The van der Waals surface area contributed by atoms with Crippen molar-refractivity contribution < 1.29 is 9.59 Å². The van der Waals surface area contributed by atoms with E-state index in [1.54, 1.807) is 48.5 Å². The van der Waals surface area contributed by atoms with Gasteiger partial charge in [-0.1, -0.05) is 47.5 Å². The summed E-state index contributed by atoms with van der Waals surface area (Å²) in [6.45, 7) is 0. The number of nitrogens with one attached hydrogen (secondary N) is 3. The number of hydrogen-bond acceptors (Lipinski definition) is 3. The summed E-state index contributed by atoms with van der Waals surface area (Å²) in [6.07, 6.45) is 2.85. The largest absolute Gasteiger partial charge is 0.298 e. The number of hydrazine groups is 1. The van der Waals surface area contributed by atoms with Gasteiger partial charge in [0, 0.05) is 21.7 Å². The molecule has 0 fully saturated rings. The Bertz CT molecular complexity index is 840. The SMILES string of the molecule is O=C(/C=C/c1ccccc1Cl)NC(=S)NNC(=O)c1cccc(Cl)c1. The highest BCUT2D eigenvalue weighted by atomic mass is 35.5. The van der Waals surface area contributed by atoms with E-state index >= 15 is 0 Å². The van der Waals surface area contributed by atoms with E-state index in [1.807, 2.05) is 0 Å². The number of halogens is 2. The lowest BCUT2D eigenvalue weighted by Crippen LogP contribution is -2.48. The van der Waals surface area contributed by atoms with Crippen molar-refractivity contribution in [1.82, 2.24) is 16.2 Å². The van der Waals surface area contributed by atoms with Gasteiger partial charge in [0.25, 0.3) is 5.91 Å². The van der Waals surface area contributed by atoms with E-state index in [2.05, 4.69) is 16.2 Å². The molecule has 0 saturated carbocycles. The molecule has 2 amide bonds. The first-order valence-electron chi connectivity index (χ1n) is 7.05. The second kappa shape index (κ2) is 9.17. The van der Waals surface area contributed by atoms with Gasteiger partial charge in [-0.3, -0.25) is 25.8 Å². The zero-order valence-corrected chi connectivity index (χ0v) is 15.1. The summed E-state index contributed by atoms with van der Waals surface area (Å²) in [7, 11) is 0. The van der Waals surface area contributed by atoms with Gasteiger partial charge in [-0.05, 0) is 48.1 Å². The van der Waals surface area contributed by atoms with Crippen LogP contribution in [0.3, 0.4) is 0 Å². The Morgan fingerprint density at radius 3 is 2.48 bits per heavy atom. The Hall–Kier alpha value is -2.41. The van der Waals surface area contributed by atoms with Crippen LogP contribution in [0.1, 0.15) is 15.9 Å². The molecule has 2 rings (SSSR count). The minimum atomic E-state index is -0.463. The van der Waals surface area contributed by atoms with Gasteiger partial charge in [-0.25, -0.2) is 0 Å². The number of hydrogen-bond donors (Lipinski definition) is 3. The maximum Gasteiger partial charge on any atom is 0.269 e. The van der Waals surface area contributed by atoms with Crippen LogP contribution in [0.15, 0.2) is 54.6 Å². The Labute approximate surface area is 160 Å². The van der Waals surface area contributed by atoms with Crippen molar-refractivity contribution in [2.45, 2.75) is 0 Å². The van der Waals surface area contributed by atoms with Crippen LogP contribution in [-0.2, 0) is 4.79 Å². The quantitative estimate of drug-likeness (QED) is 0.424. The van der Waals surface area contributed by atoms with Crippen LogP contribution in [0.2, 0.25) is 10.0 Å². The number of thiocarbonyl (C=S) groups is 1. The van der Waals surface area contributed by atoms with E-state index in [0.717, 1.165) is 0 Å². The lowest BCUT2D eigenvalue weighted by Gasteiger charge is -2.09. The zero-order chi connectivity index (χ0) is 18.2. The molecular formula is C17H13Cl2N3O2S. The number of benzene rings is 2. The van der Waals surface area contributed by atoms with Crippen molar-refractivity contribution in [1.29, 1.82) is 0 Å². The van der Waals surface area contributed by atoms with Crippen molar-refractivity contribution >= 4 is 58.4 Å². The van der Waals surface area contributed by atoms with Crippen LogP contribution < -0.4 is 16.2 Å². The Morgan fingerprint density at radius 2 is 1.76 bits per heavy atom. The first-order valence-corrected chi connectivity index (χ1v) is 8.21. The van der Waals surface area contributed by atoms with Gasteiger partial charge in [-0.2, -0.15) is 0 Å². The van der Waals surface area contributed by atoms with Gasteiger partial charge in [0.1, 0.15) is 0 Å². The molecule has 0 aliphatic carbocycles. The molecule has 0 aromatic heterocycles. The van der Waals surface area contributed by atoms with Gasteiger partial charge >= 0.3 is 0 Å². The average Bonchev–Trinajstić information content (AvgIpc) is 2.59. The van der Waals surface area contributed by atoms with E-state index in [-0.39, 0.29) is 5.11 Å². The summed E-state index contributed by atoms with van der Waals surface area (Å²) >= 11 is 16.7. The highest BCUT2D eigenvalue weighted by Gasteiger charge is 2.07. The molecule has 5 nitrogen and oxygen atoms in total. The van der Waals surface area contributed by atoms with Crippen molar-refractivity contribution in [3.8, 4) is 0 Å². The number of carbonyl (C=O) groups excluding carboxylic acids is 2. The maximum atomic E-state index is 11.9. The van der Waals surface area contributed by atoms with Crippen molar-refractivity contribution in [3.05, 3.63) is 75.8 Å². The summed E-state index contributed by atoms with van der Waals surface area (Å²) in [4.78, 5) is 23.7. The smallest absolute Gasteiger partial charge is 0.269 e. The monoisotopic (exact) mass is 393 g/mol. The first kappa shape index (κ1) is 18.9. The summed E-state index contributed by atoms with van der Waals surface area (Å²) in [6, 6.07) is 13.5. The van der Waals surface area contributed by atoms with Crippen LogP contribution in [0.5, 0.6) is 0 Å². The lowest BCUT2D eigenvalue weighted by molar-refractivity contribution is -0.115. The van der Waals surface area contributed by atoms with Crippen LogP contribution in [-0.4, -0.2) is 16.9 Å². The molecule has 3 N–H and O–H groups in total. The second-order valence-electron chi connectivity index (χ2n) is 4.76. The predicted octanol–water partition coefficient (Wildman–Crippen LogP) is 3.34. The molecule has 0 atom stereocenters. The number of amides is 2. The lowest BCUT2D eigenvalue weighted by atomic mass is 10.2. The van der Waals surface area contributed by atoms with Crippen LogP contribution in [0, 0.1) is 0 Å². The van der Waals surface area contributed by atoms with Crippen LogP contribution >= 0.6 is 35.4 Å². The minimum absolute atomic E-state index is 0.0517. The van der Waals surface area contributed by atoms with E-state index in [1.165, 1.54) is 12.1 Å². The fourth-order valence-electron chi connectivity index (χ4n) is 1.78. The molecule has 0 unspecified atom stereocenters. The summed E-state index contributed by atoms with van der Waals surface area (Å²) in [5, 5.41) is 3.31. The van der Waals surface area contributed by atoms with Gasteiger partial charge in [0.2, 0.25) is 5.91 Å². The van der Waals surface area contributed by atoms with Crippen LogP contribution in [0.4, 0.5) is 0 Å². The highest BCUT2D eigenvalue weighted by molar-refractivity contribution is 7.80. The van der Waals surface area contributed by atoms with Gasteiger partial charge in [-0.15, -0.1) is 0 Å². The van der Waals surface area contributed by atoms with E-state index in [4.69, 9.17) is 35.4 Å². The fraction of sp³-hybridized carbons (Fsp3) is 0. The van der Waals surface area contributed by atoms with Crippen LogP contribution in [0.25, 0.3) is 6.08 Å². The molecule has 8 heteroatoms. The van der Waals surface area contributed by atoms with Crippen molar-refractivity contribution in [3.63, 3.8) is 0 Å². The molecule has 0 radical (unpaired) electrons. The first-order chi connectivity index (χ1) is 12.0. The molecular weight excluding hydrogens is 381 g/mol.